The monoisotopic (exact) mass is 307 g/mol. The summed E-state index contributed by atoms with van der Waals surface area (Å²) in [5.74, 6) is -2.68. The van der Waals surface area contributed by atoms with Gasteiger partial charge in [-0.1, -0.05) is 13.8 Å². The number of rotatable bonds is 7. The lowest BCUT2D eigenvalue weighted by Crippen LogP contribution is -2.33. The Bertz CT molecular complexity index is 555. The minimum Gasteiger partial charge on any atom is -0.392 e. The summed E-state index contributed by atoms with van der Waals surface area (Å²) in [4.78, 5) is -0.719. The van der Waals surface area contributed by atoms with Crippen LogP contribution in [0.1, 0.15) is 32.3 Å². The van der Waals surface area contributed by atoms with Crippen LogP contribution in [0.4, 0.5) is 8.78 Å². The van der Waals surface area contributed by atoms with Gasteiger partial charge in [-0.05, 0) is 30.5 Å². The molecule has 0 aliphatic rings. The van der Waals surface area contributed by atoms with Crippen LogP contribution in [0, 0.1) is 11.6 Å². The molecule has 0 fully saturated rings. The Kier molecular flexibility index (Phi) is 6.04. The fraction of sp³-hybridized carbons (Fsp3) is 0.538. The van der Waals surface area contributed by atoms with E-state index in [1.807, 2.05) is 0 Å². The molecule has 0 aliphatic carbocycles. The lowest BCUT2D eigenvalue weighted by atomic mass is 10.2. The van der Waals surface area contributed by atoms with Gasteiger partial charge in [0.25, 0.3) is 0 Å². The van der Waals surface area contributed by atoms with Crippen molar-refractivity contribution in [1.29, 1.82) is 0 Å². The smallest absolute Gasteiger partial charge is 0.246 e. The average molecular weight is 307 g/mol. The zero-order chi connectivity index (χ0) is 15.3. The van der Waals surface area contributed by atoms with Crippen molar-refractivity contribution < 1.29 is 22.3 Å². The molecule has 0 spiro atoms. The van der Waals surface area contributed by atoms with Gasteiger partial charge in [-0.15, -0.1) is 0 Å². The van der Waals surface area contributed by atoms with E-state index < -0.39 is 33.2 Å². The van der Waals surface area contributed by atoms with Crippen LogP contribution in [0.15, 0.2) is 17.0 Å². The molecule has 0 saturated heterocycles. The summed E-state index contributed by atoms with van der Waals surface area (Å²) < 4.78 is 53.1. The van der Waals surface area contributed by atoms with Gasteiger partial charge in [-0.25, -0.2) is 17.2 Å². The predicted octanol–water partition coefficient (Wildman–Crippen LogP) is 2.27. The topological polar surface area (TPSA) is 57.6 Å². The summed E-state index contributed by atoms with van der Waals surface area (Å²) in [5.41, 5.74) is 0.0235. The predicted molar refractivity (Wildman–Crippen MR) is 71.6 cm³/mol. The fourth-order valence-electron chi connectivity index (χ4n) is 1.89. The minimum atomic E-state index is -4.10. The molecule has 0 aromatic heterocycles. The van der Waals surface area contributed by atoms with Gasteiger partial charge in [0.15, 0.2) is 11.6 Å². The molecule has 0 radical (unpaired) electrons. The third-order valence-electron chi connectivity index (χ3n) is 2.80. The van der Waals surface area contributed by atoms with E-state index in [9.17, 15) is 17.2 Å². The van der Waals surface area contributed by atoms with Gasteiger partial charge in [0, 0.05) is 13.1 Å². The van der Waals surface area contributed by atoms with E-state index >= 15 is 0 Å². The van der Waals surface area contributed by atoms with Crippen molar-refractivity contribution >= 4 is 10.0 Å². The van der Waals surface area contributed by atoms with Crippen molar-refractivity contribution in [3.8, 4) is 0 Å². The first kappa shape index (κ1) is 17.0. The largest absolute Gasteiger partial charge is 0.392 e. The van der Waals surface area contributed by atoms with Crippen LogP contribution in [0.2, 0.25) is 0 Å². The van der Waals surface area contributed by atoms with Gasteiger partial charge in [-0.2, -0.15) is 4.31 Å². The van der Waals surface area contributed by atoms with Crippen LogP contribution >= 0.6 is 0 Å². The van der Waals surface area contributed by atoms with Crippen molar-refractivity contribution in [2.24, 2.45) is 0 Å². The van der Waals surface area contributed by atoms with E-state index in [1.165, 1.54) is 0 Å². The van der Waals surface area contributed by atoms with Gasteiger partial charge in [0.05, 0.1) is 6.61 Å². The van der Waals surface area contributed by atoms with E-state index in [0.29, 0.717) is 12.8 Å². The number of nitrogens with zero attached hydrogens (tertiary/aromatic N) is 1. The van der Waals surface area contributed by atoms with E-state index in [1.54, 1.807) is 13.8 Å². The van der Waals surface area contributed by atoms with E-state index in [0.717, 1.165) is 16.4 Å². The highest BCUT2D eigenvalue weighted by molar-refractivity contribution is 7.89. The molecule has 4 nitrogen and oxygen atoms in total. The van der Waals surface area contributed by atoms with Crippen LogP contribution in [0.3, 0.4) is 0 Å². The molecule has 0 bridgehead atoms. The first-order valence-electron chi connectivity index (χ1n) is 6.47. The van der Waals surface area contributed by atoms with Gasteiger partial charge in [0.1, 0.15) is 4.90 Å². The number of sulfonamides is 1. The highest BCUT2D eigenvalue weighted by Gasteiger charge is 2.28. The van der Waals surface area contributed by atoms with Crippen LogP contribution < -0.4 is 0 Å². The molecule has 1 rings (SSSR count). The number of benzene rings is 1. The standard InChI is InChI=1S/C13H19F2NO3S/c1-3-5-16(6-4-2)20(18,19)12-8-10(9-17)7-11(14)13(12)15/h7-8,17H,3-6,9H2,1-2H3. The number of hydrogen-bond donors (Lipinski definition) is 1. The Hall–Kier alpha value is -1.05. The zero-order valence-corrected chi connectivity index (χ0v) is 12.4. The Morgan fingerprint density at radius 1 is 1.15 bits per heavy atom. The minimum absolute atomic E-state index is 0.0235. The van der Waals surface area contributed by atoms with Crippen molar-refractivity contribution in [2.75, 3.05) is 13.1 Å². The molecule has 7 heteroatoms. The number of aliphatic hydroxyl groups is 1. The lowest BCUT2D eigenvalue weighted by molar-refractivity contribution is 0.280. The first-order chi connectivity index (χ1) is 9.38. The normalized spacial score (nSPS) is 12.1. The summed E-state index contributed by atoms with van der Waals surface area (Å²) in [7, 11) is -4.10. The molecular weight excluding hydrogens is 288 g/mol. The lowest BCUT2D eigenvalue weighted by Gasteiger charge is -2.21. The van der Waals surface area contributed by atoms with E-state index in [-0.39, 0.29) is 18.7 Å². The van der Waals surface area contributed by atoms with Gasteiger partial charge in [-0.3, -0.25) is 0 Å². The fourth-order valence-corrected chi connectivity index (χ4v) is 3.63. The maximum absolute atomic E-state index is 13.8. The van der Waals surface area contributed by atoms with E-state index in [2.05, 4.69) is 0 Å². The molecule has 0 saturated carbocycles. The molecule has 20 heavy (non-hydrogen) atoms. The Morgan fingerprint density at radius 2 is 1.70 bits per heavy atom. The summed E-state index contributed by atoms with van der Waals surface area (Å²) in [6, 6.07) is 1.77. The number of hydrogen-bond acceptors (Lipinski definition) is 3. The third-order valence-corrected chi connectivity index (χ3v) is 4.70. The SMILES string of the molecule is CCCN(CCC)S(=O)(=O)c1cc(CO)cc(F)c1F. The molecule has 1 aromatic carbocycles. The molecule has 1 aromatic rings. The number of aliphatic hydroxyl groups excluding tert-OH is 1. The third kappa shape index (κ3) is 3.53. The van der Waals surface area contributed by atoms with Crippen LogP contribution in [-0.4, -0.2) is 30.9 Å². The summed E-state index contributed by atoms with van der Waals surface area (Å²) in [6.07, 6.45) is 1.14. The molecule has 0 heterocycles. The van der Waals surface area contributed by atoms with E-state index in [4.69, 9.17) is 5.11 Å². The molecule has 1 N–H and O–H groups in total. The van der Waals surface area contributed by atoms with Crippen LogP contribution in [-0.2, 0) is 16.6 Å². The molecular formula is C13H19F2NO3S. The summed E-state index contributed by atoms with van der Waals surface area (Å²) >= 11 is 0. The molecule has 0 amide bonds. The second kappa shape index (κ2) is 7.10. The Morgan fingerprint density at radius 3 is 2.15 bits per heavy atom. The molecule has 0 aliphatic heterocycles. The maximum atomic E-state index is 13.8. The van der Waals surface area contributed by atoms with Crippen molar-refractivity contribution in [3.05, 3.63) is 29.3 Å². The van der Waals surface area contributed by atoms with Gasteiger partial charge in [0.2, 0.25) is 10.0 Å². The van der Waals surface area contributed by atoms with Gasteiger partial charge < -0.3 is 5.11 Å². The molecule has 0 unspecified atom stereocenters. The highest BCUT2D eigenvalue weighted by Crippen LogP contribution is 2.23. The first-order valence-corrected chi connectivity index (χ1v) is 7.91. The van der Waals surface area contributed by atoms with Crippen LogP contribution in [0.25, 0.3) is 0 Å². The quantitative estimate of drug-likeness (QED) is 0.840. The Balaban J connectivity index is 3.36. The van der Waals surface area contributed by atoms with Crippen molar-refractivity contribution in [1.82, 2.24) is 4.31 Å². The maximum Gasteiger partial charge on any atom is 0.246 e. The second-order valence-electron chi connectivity index (χ2n) is 4.45. The van der Waals surface area contributed by atoms with Gasteiger partial charge >= 0.3 is 0 Å². The Labute approximate surface area is 118 Å². The van der Waals surface area contributed by atoms with Crippen molar-refractivity contribution in [2.45, 2.75) is 38.2 Å². The van der Waals surface area contributed by atoms with Crippen molar-refractivity contribution in [3.63, 3.8) is 0 Å². The highest BCUT2D eigenvalue weighted by atomic mass is 32.2. The second-order valence-corrected chi connectivity index (χ2v) is 6.36. The summed E-state index contributed by atoms with van der Waals surface area (Å²) in [6.45, 7) is 3.53. The number of halogens is 2. The summed E-state index contributed by atoms with van der Waals surface area (Å²) in [5, 5.41) is 8.99. The zero-order valence-electron chi connectivity index (χ0n) is 11.6. The average Bonchev–Trinajstić information content (AvgIpc) is 2.41. The van der Waals surface area contributed by atoms with Crippen LogP contribution in [0.5, 0.6) is 0 Å². The molecule has 114 valence electrons. The molecule has 0 atom stereocenters.